The Kier molecular flexibility index (Phi) is 6.21. The molecule has 0 aliphatic heterocycles. The van der Waals surface area contributed by atoms with Gasteiger partial charge in [-0.2, -0.15) is 0 Å². The largest absolute Gasteiger partial charge is 0.497 e. The average Bonchev–Trinajstić information content (AvgIpc) is 2.74. The summed E-state index contributed by atoms with van der Waals surface area (Å²) in [5.41, 5.74) is 2.01. The molecule has 1 N–H and O–H groups in total. The van der Waals surface area contributed by atoms with E-state index in [1.54, 1.807) is 61.7 Å². The number of carbonyl (C=O) groups excluding carboxylic acids is 2. The van der Waals surface area contributed by atoms with Crippen molar-refractivity contribution in [2.75, 3.05) is 12.4 Å². The van der Waals surface area contributed by atoms with Gasteiger partial charge < -0.3 is 14.8 Å². The van der Waals surface area contributed by atoms with Crippen LogP contribution < -0.4 is 14.8 Å². The highest BCUT2D eigenvalue weighted by atomic mass is 16.5. The smallest absolute Gasteiger partial charge is 0.336 e. The molecule has 28 heavy (non-hydrogen) atoms. The summed E-state index contributed by atoms with van der Waals surface area (Å²) in [7, 11) is 1.59. The summed E-state index contributed by atoms with van der Waals surface area (Å²) in [4.78, 5) is 24.1. The molecule has 0 heterocycles. The molecule has 5 heteroatoms. The maximum atomic E-state index is 12.1. The summed E-state index contributed by atoms with van der Waals surface area (Å²) >= 11 is 0. The molecule has 0 aliphatic rings. The van der Waals surface area contributed by atoms with Crippen LogP contribution in [0.3, 0.4) is 0 Å². The van der Waals surface area contributed by atoms with Crippen molar-refractivity contribution in [1.82, 2.24) is 0 Å². The lowest BCUT2D eigenvalue weighted by atomic mass is 10.2. The number of nitrogens with one attached hydrogen (secondary N) is 1. The molecule has 0 aromatic heterocycles. The van der Waals surface area contributed by atoms with E-state index in [1.807, 2.05) is 30.3 Å². The second-order valence-electron chi connectivity index (χ2n) is 5.88. The third-order valence-electron chi connectivity index (χ3n) is 3.87. The molecule has 0 saturated carbocycles. The minimum atomic E-state index is -0.496. The molecule has 140 valence electrons. The zero-order valence-electron chi connectivity index (χ0n) is 15.3. The quantitative estimate of drug-likeness (QED) is 0.391. The van der Waals surface area contributed by atoms with E-state index >= 15 is 0 Å². The van der Waals surface area contributed by atoms with Crippen molar-refractivity contribution >= 4 is 23.6 Å². The van der Waals surface area contributed by atoms with E-state index in [4.69, 9.17) is 9.47 Å². The minimum absolute atomic E-state index is 0.202. The van der Waals surface area contributed by atoms with Crippen LogP contribution in [0.1, 0.15) is 15.9 Å². The zero-order valence-corrected chi connectivity index (χ0v) is 15.3. The van der Waals surface area contributed by atoms with E-state index in [2.05, 4.69) is 5.32 Å². The normalized spacial score (nSPS) is 10.5. The third kappa shape index (κ3) is 5.32. The fourth-order valence-corrected chi connectivity index (χ4v) is 2.46. The lowest BCUT2D eigenvalue weighted by Crippen LogP contribution is -2.11. The van der Waals surface area contributed by atoms with Gasteiger partial charge in [-0.25, -0.2) is 4.79 Å². The van der Waals surface area contributed by atoms with Crippen molar-refractivity contribution in [3.8, 4) is 11.5 Å². The number of carbonyl (C=O) groups is 2. The summed E-state index contributed by atoms with van der Waals surface area (Å²) in [6, 6.07) is 22.9. The van der Waals surface area contributed by atoms with Gasteiger partial charge in [0.1, 0.15) is 11.5 Å². The van der Waals surface area contributed by atoms with Crippen LogP contribution >= 0.6 is 0 Å². The highest BCUT2D eigenvalue weighted by molar-refractivity contribution is 6.04. The Hall–Kier alpha value is -3.86. The van der Waals surface area contributed by atoms with Crippen LogP contribution in [0.2, 0.25) is 0 Å². The Morgan fingerprint density at radius 1 is 0.857 bits per heavy atom. The molecule has 0 aliphatic carbocycles. The summed E-state index contributed by atoms with van der Waals surface area (Å²) in [5, 5.41) is 2.79. The first-order chi connectivity index (χ1) is 13.6. The Bertz CT molecular complexity index is 979. The van der Waals surface area contributed by atoms with Crippen molar-refractivity contribution in [1.29, 1.82) is 0 Å². The lowest BCUT2D eigenvalue weighted by molar-refractivity contribution is -0.128. The van der Waals surface area contributed by atoms with E-state index < -0.39 is 5.97 Å². The number of methoxy groups -OCH3 is 1. The van der Waals surface area contributed by atoms with Crippen LogP contribution in [0.15, 0.2) is 84.9 Å². The molecule has 3 aromatic carbocycles. The molecule has 3 aromatic rings. The number of rotatable bonds is 6. The molecule has 0 atom stereocenters. The number of hydrogen-bond donors (Lipinski definition) is 1. The summed E-state index contributed by atoms with van der Waals surface area (Å²) in [6.45, 7) is 0. The van der Waals surface area contributed by atoms with Crippen LogP contribution in [0.25, 0.3) is 6.08 Å². The number of amides is 1. The molecule has 0 spiro atoms. The number of benzene rings is 3. The topological polar surface area (TPSA) is 64.6 Å². The van der Waals surface area contributed by atoms with Crippen LogP contribution in [-0.4, -0.2) is 19.0 Å². The number of anilines is 1. The second-order valence-corrected chi connectivity index (χ2v) is 5.88. The molecular formula is C23H19NO4. The van der Waals surface area contributed by atoms with Gasteiger partial charge in [0.25, 0.3) is 5.91 Å². The Morgan fingerprint density at radius 2 is 1.61 bits per heavy atom. The second kappa shape index (κ2) is 9.19. The monoisotopic (exact) mass is 373 g/mol. The molecule has 0 fully saturated rings. The summed E-state index contributed by atoms with van der Waals surface area (Å²) < 4.78 is 10.4. The van der Waals surface area contributed by atoms with Gasteiger partial charge in [-0.05, 0) is 60.2 Å². The minimum Gasteiger partial charge on any atom is -0.497 e. The van der Waals surface area contributed by atoms with E-state index in [0.29, 0.717) is 22.7 Å². The first-order valence-corrected chi connectivity index (χ1v) is 8.64. The third-order valence-corrected chi connectivity index (χ3v) is 3.87. The standard InChI is InChI=1S/C23H19NO4/c1-27-21-9-5-6-17(16-21)10-15-22(25)28-20-13-11-19(12-14-20)24-23(26)18-7-3-2-4-8-18/h2-16H,1H3,(H,24,26)/b15-10+. The van der Waals surface area contributed by atoms with Crippen molar-refractivity contribution in [2.24, 2.45) is 0 Å². The number of ether oxygens (including phenoxy) is 2. The average molecular weight is 373 g/mol. The molecular weight excluding hydrogens is 354 g/mol. The summed E-state index contributed by atoms with van der Waals surface area (Å²) in [6.07, 6.45) is 3.00. The van der Waals surface area contributed by atoms with Crippen LogP contribution in [0.4, 0.5) is 5.69 Å². The van der Waals surface area contributed by atoms with Crippen molar-refractivity contribution < 1.29 is 19.1 Å². The Balaban J connectivity index is 1.57. The van der Waals surface area contributed by atoms with E-state index in [9.17, 15) is 9.59 Å². The van der Waals surface area contributed by atoms with Crippen LogP contribution in [0, 0.1) is 0 Å². The first-order valence-electron chi connectivity index (χ1n) is 8.64. The SMILES string of the molecule is COc1cccc(/C=C/C(=O)Oc2ccc(NC(=O)c3ccccc3)cc2)c1. The summed E-state index contributed by atoms with van der Waals surface area (Å²) in [5.74, 6) is 0.400. The van der Waals surface area contributed by atoms with Crippen LogP contribution in [-0.2, 0) is 4.79 Å². The molecule has 3 rings (SSSR count). The van der Waals surface area contributed by atoms with Gasteiger partial charge in [0.15, 0.2) is 0 Å². The molecule has 1 amide bonds. The van der Waals surface area contributed by atoms with Crippen molar-refractivity contribution in [3.63, 3.8) is 0 Å². The fourth-order valence-electron chi connectivity index (χ4n) is 2.46. The Morgan fingerprint density at radius 3 is 2.32 bits per heavy atom. The van der Waals surface area contributed by atoms with Gasteiger partial charge >= 0.3 is 5.97 Å². The van der Waals surface area contributed by atoms with Crippen LogP contribution in [0.5, 0.6) is 11.5 Å². The van der Waals surface area contributed by atoms with E-state index in [1.165, 1.54) is 6.08 Å². The molecule has 5 nitrogen and oxygen atoms in total. The van der Waals surface area contributed by atoms with Crippen molar-refractivity contribution in [3.05, 3.63) is 96.1 Å². The predicted octanol–water partition coefficient (Wildman–Crippen LogP) is 4.57. The van der Waals surface area contributed by atoms with Gasteiger partial charge in [0, 0.05) is 17.3 Å². The highest BCUT2D eigenvalue weighted by Crippen LogP contribution is 2.17. The van der Waals surface area contributed by atoms with Gasteiger partial charge in [-0.1, -0.05) is 30.3 Å². The maximum Gasteiger partial charge on any atom is 0.336 e. The van der Waals surface area contributed by atoms with Gasteiger partial charge in [-0.15, -0.1) is 0 Å². The predicted molar refractivity (Wildman–Crippen MR) is 109 cm³/mol. The van der Waals surface area contributed by atoms with Gasteiger partial charge in [-0.3, -0.25) is 4.79 Å². The Labute approximate surface area is 163 Å². The highest BCUT2D eigenvalue weighted by Gasteiger charge is 2.06. The van der Waals surface area contributed by atoms with Gasteiger partial charge in [0.2, 0.25) is 0 Å². The first kappa shape index (κ1) is 18.9. The van der Waals surface area contributed by atoms with Gasteiger partial charge in [0.05, 0.1) is 7.11 Å². The maximum absolute atomic E-state index is 12.1. The molecule has 0 bridgehead atoms. The molecule has 0 radical (unpaired) electrons. The molecule has 0 saturated heterocycles. The molecule has 0 unspecified atom stereocenters. The number of hydrogen-bond acceptors (Lipinski definition) is 4. The zero-order chi connectivity index (χ0) is 19.8. The van der Waals surface area contributed by atoms with E-state index in [0.717, 1.165) is 5.56 Å². The fraction of sp³-hybridized carbons (Fsp3) is 0.0435. The lowest BCUT2D eigenvalue weighted by Gasteiger charge is -2.06. The van der Waals surface area contributed by atoms with E-state index in [-0.39, 0.29) is 5.91 Å². The number of esters is 1. The van der Waals surface area contributed by atoms with Crippen molar-refractivity contribution in [2.45, 2.75) is 0 Å².